The molecule has 0 unspecified atom stereocenters. The molecule has 0 aliphatic rings. The molecule has 0 amide bonds. The highest BCUT2D eigenvalue weighted by atomic mass is 16.6. The molecule has 0 aromatic rings. The van der Waals surface area contributed by atoms with Gasteiger partial charge < -0.3 is 9.57 Å². The summed E-state index contributed by atoms with van der Waals surface area (Å²) in [6.07, 6.45) is 16.2. The van der Waals surface area contributed by atoms with E-state index in [1.54, 1.807) is 30.5 Å². The maximum Gasteiger partial charge on any atom is 0.131 e. The lowest BCUT2D eigenvalue weighted by atomic mass is 10.1. The van der Waals surface area contributed by atoms with Crippen molar-refractivity contribution in [3.63, 3.8) is 0 Å². The van der Waals surface area contributed by atoms with Crippen LogP contribution in [0.5, 0.6) is 0 Å². The molecule has 0 N–H and O–H groups in total. The first kappa shape index (κ1) is 20.7. The number of ether oxygens (including phenoxy) is 1. The third-order valence-electron chi connectivity index (χ3n) is 2.81. The van der Waals surface area contributed by atoms with Crippen LogP contribution in [0.1, 0.15) is 39.5 Å². The molecule has 0 saturated heterocycles. The summed E-state index contributed by atoms with van der Waals surface area (Å²) in [6, 6.07) is 0. The Balaban J connectivity index is 4.20. The predicted molar refractivity (Wildman–Crippen MR) is 100 cm³/mol. The molecule has 0 fully saturated rings. The van der Waals surface area contributed by atoms with Gasteiger partial charge in [-0.05, 0) is 38.0 Å². The fourth-order valence-corrected chi connectivity index (χ4v) is 1.60. The Bertz CT molecular complexity index is 482. The molecule has 0 atom stereocenters. The number of rotatable bonds is 13. The van der Waals surface area contributed by atoms with Crippen LogP contribution < -0.4 is 0 Å². The van der Waals surface area contributed by atoms with Crippen LogP contribution in [-0.4, -0.2) is 12.8 Å². The van der Waals surface area contributed by atoms with E-state index in [9.17, 15) is 0 Å². The highest BCUT2D eigenvalue weighted by molar-refractivity contribution is 5.70. The highest BCUT2D eigenvalue weighted by Crippen LogP contribution is 2.12. The average Bonchev–Trinajstić information content (AvgIpc) is 2.53. The zero-order chi connectivity index (χ0) is 17.3. The third kappa shape index (κ3) is 13.1. The average molecular weight is 315 g/mol. The summed E-state index contributed by atoms with van der Waals surface area (Å²) in [5, 5.41) is 3.79. The van der Waals surface area contributed by atoms with Crippen LogP contribution in [0.3, 0.4) is 0 Å². The van der Waals surface area contributed by atoms with Gasteiger partial charge in [0.25, 0.3) is 0 Å². The van der Waals surface area contributed by atoms with Crippen LogP contribution in [0, 0.1) is 0 Å². The first-order valence-electron chi connectivity index (χ1n) is 7.90. The molecular formula is C20H29NO2. The van der Waals surface area contributed by atoms with Crippen molar-refractivity contribution in [1.82, 2.24) is 0 Å². The van der Waals surface area contributed by atoms with E-state index >= 15 is 0 Å². The molecule has 3 heteroatoms. The number of nitrogens with zero attached hydrogens (tertiary/aromatic N) is 1. The summed E-state index contributed by atoms with van der Waals surface area (Å²) in [4.78, 5) is 5.17. The van der Waals surface area contributed by atoms with Crippen LogP contribution >= 0.6 is 0 Å². The number of unbranched alkanes of at least 4 members (excludes halogenated alkanes) is 1. The van der Waals surface area contributed by atoms with Crippen LogP contribution in [0.4, 0.5) is 0 Å². The van der Waals surface area contributed by atoms with Gasteiger partial charge in [0.15, 0.2) is 0 Å². The van der Waals surface area contributed by atoms with E-state index in [0.29, 0.717) is 12.2 Å². The lowest BCUT2D eigenvalue weighted by Gasteiger charge is -2.05. The molecule has 0 aliphatic heterocycles. The van der Waals surface area contributed by atoms with Crippen LogP contribution in [-0.2, 0) is 9.57 Å². The second-order valence-corrected chi connectivity index (χ2v) is 4.98. The molecule has 0 aromatic heterocycles. The largest absolute Gasteiger partial charge is 0.494 e. The van der Waals surface area contributed by atoms with Crippen LogP contribution in [0.2, 0.25) is 0 Å². The molecule has 0 heterocycles. The van der Waals surface area contributed by atoms with E-state index in [1.165, 1.54) is 5.57 Å². The summed E-state index contributed by atoms with van der Waals surface area (Å²) in [5.41, 5.74) is 1.17. The molecule has 0 bridgehead atoms. The zero-order valence-electron chi connectivity index (χ0n) is 14.5. The van der Waals surface area contributed by atoms with Crippen LogP contribution in [0.25, 0.3) is 0 Å². The second-order valence-electron chi connectivity index (χ2n) is 4.98. The summed E-state index contributed by atoms with van der Waals surface area (Å²) in [6.45, 7) is 16.1. The fraction of sp³-hybridized carbons (Fsp3) is 0.350. The van der Waals surface area contributed by atoms with E-state index < -0.39 is 0 Å². The first-order valence-corrected chi connectivity index (χ1v) is 7.90. The van der Waals surface area contributed by atoms with Gasteiger partial charge in [-0.3, -0.25) is 0 Å². The lowest BCUT2D eigenvalue weighted by Crippen LogP contribution is -1.92. The molecule has 0 spiro atoms. The van der Waals surface area contributed by atoms with E-state index in [0.717, 1.165) is 31.6 Å². The van der Waals surface area contributed by atoms with Gasteiger partial charge in [-0.25, -0.2) is 0 Å². The van der Waals surface area contributed by atoms with Gasteiger partial charge in [-0.2, -0.15) is 0 Å². The predicted octanol–water partition coefficient (Wildman–Crippen LogP) is 5.86. The van der Waals surface area contributed by atoms with Crippen molar-refractivity contribution in [3.8, 4) is 0 Å². The van der Waals surface area contributed by atoms with Crippen molar-refractivity contribution in [2.75, 3.05) is 6.61 Å². The summed E-state index contributed by atoms with van der Waals surface area (Å²) >= 11 is 0. The van der Waals surface area contributed by atoms with Crippen molar-refractivity contribution in [3.05, 3.63) is 73.3 Å². The Morgan fingerprint density at radius 3 is 2.61 bits per heavy atom. The minimum atomic E-state index is 0.606. The van der Waals surface area contributed by atoms with Gasteiger partial charge >= 0.3 is 0 Å². The van der Waals surface area contributed by atoms with Gasteiger partial charge in [-0.15, -0.1) is 0 Å². The van der Waals surface area contributed by atoms with Gasteiger partial charge in [-0.1, -0.05) is 62.0 Å². The smallest absolute Gasteiger partial charge is 0.131 e. The van der Waals surface area contributed by atoms with Crippen molar-refractivity contribution < 1.29 is 9.57 Å². The maximum atomic E-state index is 5.62. The van der Waals surface area contributed by atoms with Gasteiger partial charge in [0, 0.05) is 6.42 Å². The fourth-order valence-electron chi connectivity index (χ4n) is 1.60. The van der Waals surface area contributed by atoms with E-state index in [-0.39, 0.29) is 0 Å². The SMILES string of the molecule is C=C/C=C/C=N/OC(=C)C/C(C)=C/C/C=C(\C=C)OCCCC. The van der Waals surface area contributed by atoms with E-state index in [2.05, 4.69) is 37.9 Å². The van der Waals surface area contributed by atoms with Gasteiger partial charge in [0.05, 0.1) is 12.8 Å². The Labute approximate surface area is 141 Å². The number of allylic oxidation sites excluding steroid dienone is 7. The highest BCUT2D eigenvalue weighted by Gasteiger charge is 1.97. The van der Waals surface area contributed by atoms with Gasteiger partial charge in [0.1, 0.15) is 11.5 Å². The van der Waals surface area contributed by atoms with E-state index in [1.807, 2.05) is 13.0 Å². The maximum absolute atomic E-state index is 5.62. The monoisotopic (exact) mass is 315 g/mol. The van der Waals surface area contributed by atoms with Crippen LogP contribution in [0.15, 0.2) is 78.4 Å². The Hall–Kier alpha value is -2.29. The van der Waals surface area contributed by atoms with Gasteiger partial charge in [0.2, 0.25) is 0 Å². The van der Waals surface area contributed by atoms with E-state index in [4.69, 9.17) is 9.57 Å². The number of hydrogen-bond donors (Lipinski definition) is 0. The Morgan fingerprint density at radius 2 is 1.96 bits per heavy atom. The molecule has 126 valence electrons. The molecule has 0 aromatic carbocycles. The summed E-state index contributed by atoms with van der Waals surface area (Å²) < 4.78 is 5.62. The Morgan fingerprint density at radius 1 is 1.17 bits per heavy atom. The zero-order valence-corrected chi connectivity index (χ0v) is 14.5. The molecule has 0 radical (unpaired) electrons. The minimum absolute atomic E-state index is 0.606. The van der Waals surface area contributed by atoms with Crippen molar-refractivity contribution in [2.24, 2.45) is 5.16 Å². The Kier molecular flexibility index (Phi) is 13.2. The number of oxime groups is 1. The lowest BCUT2D eigenvalue weighted by molar-refractivity contribution is 0.218. The van der Waals surface area contributed by atoms with Crippen molar-refractivity contribution >= 4 is 6.21 Å². The molecule has 0 rings (SSSR count). The molecular weight excluding hydrogens is 286 g/mol. The molecule has 0 saturated carbocycles. The normalized spacial score (nSPS) is 12.6. The van der Waals surface area contributed by atoms with Crippen molar-refractivity contribution in [1.29, 1.82) is 0 Å². The third-order valence-corrected chi connectivity index (χ3v) is 2.81. The topological polar surface area (TPSA) is 30.8 Å². The number of hydrogen-bond acceptors (Lipinski definition) is 3. The minimum Gasteiger partial charge on any atom is -0.494 e. The molecule has 3 nitrogen and oxygen atoms in total. The molecule has 23 heavy (non-hydrogen) atoms. The molecule has 0 aliphatic carbocycles. The summed E-state index contributed by atoms with van der Waals surface area (Å²) in [7, 11) is 0. The standard InChI is InChI=1S/C20H29NO2/c1-6-9-11-15-21-23-19(5)17-18(4)13-12-14-20(8-3)22-16-10-7-2/h6,8-9,11,13-15H,1,3,5,7,10,12,16-17H2,2,4H3/b11-9+,18-13+,20-14+,21-15+. The first-order chi connectivity index (χ1) is 11.1. The quantitative estimate of drug-likeness (QED) is 0.106. The van der Waals surface area contributed by atoms with Crippen molar-refractivity contribution in [2.45, 2.75) is 39.5 Å². The second kappa shape index (κ2) is 14.6. The summed E-state index contributed by atoms with van der Waals surface area (Å²) in [5.74, 6) is 1.44.